The zero-order valence-electron chi connectivity index (χ0n) is 17.1. The second kappa shape index (κ2) is 13.1. The average molecular weight is 340 g/mol. The maximum Gasteiger partial charge on any atom is 0.0694 e. The Balaban J connectivity index is 2.31. The molecule has 1 aliphatic rings. The highest BCUT2D eigenvalue weighted by atomic mass is 15.2. The molecule has 0 aromatic carbocycles. The van der Waals surface area contributed by atoms with Gasteiger partial charge < -0.3 is 15.5 Å². The average Bonchev–Trinajstić information content (AvgIpc) is 3.14. The fraction of sp³-hybridized carbons (Fsp3) is 1.00. The molecule has 0 atom stereocenters. The summed E-state index contributed by atoms with van der Waals surface area (Å²) in [6.07, 6.45) is 17.9. The summed E-state index contributed by atoms with van der Waals surface area (Å²) in [5, 5.41) is 7.22. The normalized spacial score (nSPS) is 16.4. The largest absolute Gasteiger partial charge is 0.302 e. The van der Waals surface area contributed by atoms with E-state index in [1.165, 1.54) is 96.6 Å². The summed E-state index contributed by atoms with van der Waals surface area (Å²) in [5.41, 5.74) is 0.120. The third kappa shape index (κ3) is 7.84. The second-order valence-electron chi connectivity index (χ2n) is 7.77. The van der Waals surface area contributed by atoms with Crippen molar-refractivity contribution >= 4 is 0 Å². The molecule has 0 radical (unpaired) electrons. The Morgan fingerprint density at radius 3 is 1.96 bits per heavy atom. The topological polar surface area (TPSA) is 27.3 Å². The molecule has 0 amide bonds. The van der Waals surface area contributed by atoms with Gasteiger partial charge in [-0.1, -0.05) is 71.6 Å². The van der Waals surface area contributed by atoms with E-state index in [0.717, 1.165) is 6.04 Å². The summed E-state index contributed by atoms with van der Waals surface area (Å²) in [4.78, 5) is 2.72. The SMILES string of the molecule is CCCCCCCCCC(CCN(CC)C1CCCC1)(NC)NC. The van der Waals surface area contributed by atoms with Gasteiger partial charge in [-0.2, -0.15) is 0 Å². The molecule has 1 fully saturated rings. The zero-order valence-corrected chi connectivity index (χ0v) is 17.1. The van der Waals surface area contributed by atoms with Crippen LogP contribution in [0.3, 0.4) is 0 Å². The third-order valence-corrected chi connectivity index (χ3v) is 6.24. The molecule has 1 aliphatic carbocycles. The minimum Gasteiger partial charge on any atom is -0.302 e. The van der Waals surface area contributed by atoms with E-state index in [4.69, 9.17) is 0 Å². The van der Waals surface area contributed by atoms with E-state index in [0.29, 0.717) is 0 Å². The first-order valence-electron chi connectivity index (χ1n) is 10.8. The van der Waals surface area contributed by atoms with Gasteiger partial charge >= 0.3 is 0 Å². The minimum atomic E-state index is 0.120. The van der Waals surface area contributed by atoms with Gasteiger partial charge in [-0.15, -0.1) is 0 Å². The molecule has 0 aliphatic heterocycles. The molecule has 0 bridgehead atoms. The molecule has 3 heteroatoms. The Morgan fingerprint density at radius 2 is 1.42 bits per heavy atom. The van der Waals surface area contributed by atoms with Gasteiger partial charge in [0.15, 0.2) is 0 Å². The first-order chi connectivity index (χ1) is 11.7. The van der Waals surface area contributed by atoms with Crippen LogP contribution in [0.4, 0.5) is 0 Å². The smallest absolute Gasteiger partial charge is 0.0694 e. The van der Waals surface area contributed by atoms with Gasteiger partial charge in [-0.25, -0.2) is 0 Å². The van der Waals surface area contributed by atoms with Crippen LogP contribution in [0.5, 0.6) is 0 Å². The first-order valence-corrected chi connectivity index (χ1v) is 10.8. The van der Waals surface area contributed by atoms with Crippen LogP contribution >= 0.6 is 0 Å². The maximum absolute atomic E-state index is 3.61. The van der Waals surface area contributed by atoms with Crippen molar-refractivity contribution < 1.29 is 0 Å². The Labute approximate surface area is 152 Å². The van der Waals surface area contributed by atoms with Crippen LogP contribution < -0.4 is 10.6 Å². The highest BCUT2D eigenvalue weighted by Gasteiger charge is 2.28. The summed E-state index contributed by atoms with van der Waals surface area (Å²) < 4.78 is 0. The molecule has 144 valence electrons. The molecule has 0 saturated heterocycles. The maximum atomic E-state index is 3.61. The Hall–Kier alpha value is -0.120. The molecule has 2 N–H and O–H groups in total. The van der Waals surface area contributed by atoms with E-state index >= 15 is 0 Å². The second-order valence-corrected chi connectivity index (χ2v) is 7.77. The Kier molecular flexibility index (Phi) is 12.0. The number of hydrogen-bond acceptors (Lipinski definition) is 3. The zero-order chi connectivity index (χ0) is 17.7. The van der Waals surface area contributed by atoms with Crippen molar-refractivity contribution in [3.8, 4) is 0 Å². The van der Waals surface area contributed by atoms with Gasteiger partial charge in [0, 0.05) is 12.6 Å². The molecular weight excluding hydrogens is 294 g/mol. The lowest BCUT2D eigenvalue weighted by Gasteiger charge is -2.37. The van der Waals surface area contributed by atoms with Crippen molar-refractivity contribution in [2.75, 3.05) is 27.2 Å². The fourth-order valence-corrected chi connectivity index (χ4v) is 4.34. The lowest BCUT2D eigenvalue weighted by Crippen LogP contribution is -2.55. The summed E-state index contributed by atoms with van der Waals surface area (Å²) >= 11 is 0. The molecule has 1 rings (SSSR count). The molecule has 3 nitrogen and oxygen atoms in total. The Morgan fingerprint density at radius 1 is 0.833 bits per heavy atom. The van der Waals surface area contributed by atoms with Gasteiger partial charge in [-0.05, 0) is 46.3 Å². The van der Waals surface area contributed by atoms with E-state index in [9.17, 15) is 0 Å². The standard InChI is InChI=1S/C21H45N3/c1-5-7-8-9-10-11-14-17-21(22-3,23-4)18-19-24(6-2)20-15-12-13-16-20/h20,22-23H,5-19H2,1-4H3. The summed E-state index contributed by atoms with van der Waals surface area (Å²) in [5.74, 6) is 0. The molecular formula is C21H45N3. The molecule has 1 saturated carbocycles. The van der Waals surface area contributed by atoms with Crippen molar-refractivity contribution in [2.24, 2.45) is 0 Å². The van der Waals surface area contributed by atoms with E-state index in [2.05, 4.69) is 43.5 Å². The number of unbranched alkanes of at least 4 members (excludes halogenated alkanes) is 6. The predicted octanol–water partition coefficient (Wildman–Crippen LogP) is 4.92. The quantitative estimate of drug-likeness (QED) is 0.328. The fourth-order valence-electron chi connectivity index (χ4n) is 4.34. The van der Waals surface area contributed by atoms with Crippen molar-refractivity contribution in [1.29, 1.82) is 0 Å². The van der Waals surface area contributed by atoms with Crippen LogP contribution in [0.25, 0.3) is 0 Å². The van der Waals surface area contributed by atoms with Crippen molar-refractivity contribution in [3.63, 3.8) is 0 Å². The van der Waals surface area contributed by atoms with Crippen LogP contribution in [0, 0.1) is 0 Å². The van der Waals surface area contributed by atoms with Crippen LogP contribution in [0.15, 0.2) is 0 Å². The first kappa shape index (κ1) is 21.9. The number of hydrogen-bond donors (Lipinski definition) is 2. The Bertz CT molecular complexity index is 283. The lowest BCUT2D eigenvalue weighted by molar-refractivity contribution is 0.157. The number of nitrogens with one attached hydrogen (secondary N) is 2. The lowest BCUT2D eigenvalue weighted by atomic mass is 9.96. The van der Waals surface area contributed by atoms with E-state index in [1.807, 2.05) is 0 Å². The third-order valence-electron chi connectivity index (χ3n) is 6.24. The van der Waals surface area contributed by atoms with Gasteiger partial charge in [-0.3, -0.25) is 0 Å². The van der Waals surface area contributed by atoms with Crippen molar-refractivity contribution in [1.82, 2.24) is 15.5 Å². The summed E-state index contributed by atoms with van der Waals surface area (Å²) in [6, 6.07) is 0.847. The molecule has 0 aromatic rings. The molecule has 0 aromatic heterocycles. The predicted molar refractivity (Wildman–Crippen MR) is 108 cm³/mol. The van der Waals surface area contributed by atoms with E-state index < -0.39 is 0 Å². The number of rotatable bonds is 15. The van der Waals surface area contributed by atoms with Crippen LogP contribution in [0.1, 0.15) is 97.3 Å². The summed E-state index contributed by atoms with van der Waals surface area (Å²) in [6.45, 7) is 7.04. The minimum absolute atomic E-state index is 0.120. The number of nitrogens with zero attached hydrogens (tertiary/aromatic N) is 1. The van der Waals surface area contributed by atoms with Gasteiger partial charge in [0.05, 0.1) is 5.66 Å². The summed E-state index contributed by atoms with van der Waals surface area (Å²) in [7, 11) is 4.26. The molecule has 24 heavy (non-hydrogen) atoms. The molecule has 0 spiro atoms. The molecule has 0 unspecified atom stereocenters. The van der Waals surface area contributed by atoms with Crippen LogP contribution in [0.2, 0.25) is 0 Å². The van der Waals surface area contributed by atoms with Crippen molar-refractivity contribution in [3.05, 3.63) is 0 Å². The van der Waals surface area contributed by atoms with Crippen LogP contribution in [-0.4, -0.2) is 43.8 Å². The van der Waals surface area contributed by atoms with E-state index in [1.54, 1.807) is 0 Å². The highest BCUT2D eigenvalue weighted by Crippen LogP contribution is 2.25. The monoisotopic (exact) mass is 339 g/mol. The van der Waals surface area contributed by atoms with Gasteiger partial charge in [0.2, 0.25) is 0 Å². The van der Waals surface area contributed by atoms with Gasteiger partial charge in [0.25, 0.3) is 0 Å². The van der Waals surface area contributed by atoms with Crippen molar-refractivity contribution in [2.45, 2.75) is 109 Å². The van der Waals surface area contributed by atoms with Gasteiger partial charge in [0.1, 0.15) is 0 Å². The highest BCUT2D eigenvalue weighted by molar-refractivity contribution is 4.86. The van der Waals surface area contributed by atoms with E-state index in [-0.39, 0.29) is 5.66 Å². The molecule has 0 heterocycles. The van der Waals surface area contributed by atoms with Crippen LogP contribution in [-0.2, 0) is 0 Å².